The highest BCUT2D eigenvalue weighted by molar-refractivity contribution is 5.94. The summed E-state index contributed by atoms with van der Waals surface area (Å²) in [6.45, 7) is 6.32. The highest BCUT2D eigenvalue weighted by Crippen LogP contribution is 2.29. The third kappa shape index (κ3) is 6.32. The van der Waals surface area contributed by atoms with Crippen LogP contribution in [0.1, 0.15) is 43.6 Å². The lowest BCUT2D eigenvalue weighted by molar-refractivity contribution is -0.131. The van der Waals surface area contributed by atoms with Gasteiger partial charge >= 0.3 is 11.9 Å². The average molecular weight is 452 g/mol. The van der Waals surface area contributed by atoms with Gasteiger partial charge in [-0.3, -0.25) is 4.79 Å². The first-order chi connectivity index (χ1) is 15.5. The van der Waals surface area contributed by atoms with E-state index < -0.39 is 23.1 Å². The molecule has 172 valence electrons. The maximum absolute atomic E-state index is 13.9. The SMILES string of the molecule is CC(=O)Oc1ccc(-c2ccc(OCc3ccc(F)c(O)c3C(=O)OC(C)(C)C)cc2)cc1. The summed E-state index contributed by atoms with van der Waals surface area (Å²) in [5, 5.41) is 10.1. The molecule has 0 saturated carbocycles. The van der Waals surface area contributed by atoms with E-state index in [1.807, 2.05) is 24.3 Å². The minimum Gasteiger partial charge on any atom is -0.504 e. The van der Waals surface area contributed by atoms with Crippen LogP contribution in [0.4, 0.5) is 4.39 Å². The average Bonchev–Trinajstić information content (AvgIpc) is 2.74. The van der Waals surface area contributed by atoms with Crippen LogP contribution in [-0.4, -0.2) is 22.6 Å². The molecule has 0 unspecified atom stereocenters. The van der Waals surface area contributed by atoms with Crippen molar-refractivity contribution in [2.24, 2.45) is 0 Å². The number of hydrogen-bond donors (Lipinski definition) is 1. The summed E-state index contributed by atoms with van der Waals surface area (Å²) in [7, 11) is 0. The number of carbonyl (C=O) groups is 2. The molecule has 7 heteroatoms. The molecule has 0 amide bonds. The van der Waals surface area contributed by atoms with Crippen LogP contribution in [0.2, 0.25) is 0 Å². The van der Waals surface area contributed by atoms with E-state index in [1.54, 1.807) is 45.0 Å². The number of benzene rings is 3. The fraction of sp³-hybridized carbons (Fsp3) is 0.231. The molecule has 3 aromatic carbocycles. The zero-order valence-corrected chi connectivity index (χ0v) is 18.8. The lowest BCUT2D eigenvalue weighted by atomic mass is 10.1. The Bertz CT molecular complexity index is 1150. The third-order valence-electron chi connectivity index (χ3n) is 4.52. The molecular weight excluding hydrogens is 427 g/mol. The van der Waals surface area contributed by atoms with Gasteiger partial charge < -0.3 is 19.3 Å². The van der Waals surface area contributed by atoms with Crippen LogP contribution >= 0.6 is 0 Å². The van der Waals surface area contributed by atoms with E-state index in [0.29, 0.717) is 17.1 Å². The van der Waals surface area contributed by atoms with E-state index in [-0.39, 0.29) is 18.1 Å². The molecule has 3 aromatic rings. The number of carbonyl (C=O) groups excluding carboxylic acids is 2. The Kier molecular flexibility index (Phi) is 7.01. The molecule has 0 spiro atoms. The van der Waals surface area contributed by atoms with Crippen molar-refractivity contribution in [3.63, 3.8) is 0 Å². The largest absolute Gasteiger partial charge is 0.504 e. The summed E-state index contributed by atoms with van der Waals surface area (Å²) in [4.78, 5) is 23.5. The number of aromatic hydroxyl groups is 1. The van der Waals surface area contributed by atoms with Crippen LogP contribution in [-0.2, 0) is 16.1 Å². The fourth-order valence-corrected chi connectivity index (χ4v) is 3.07. The van der Waals surface area contributed by atoms with Gasteiger partial charge in [-0.1, -0.05) is 30.3 Å². The van der Waals surface area contributed by atoms with E-state index in [0.717, 1.165) is 17.2 Å². The topological polar surface area (TPSA) is 82.1 Å². The lowest BCUT2D eigenvalue weighted by Crippen LogP contribution is -2.25. The van der Waals surface area contributed by atoms with E-state index in [9.17, 15) is 19.1 Å². The quantitative estimate of drug-likeness (QED) is 0.384. The van der Waals surface area contributed by atoms with E-state index >= 15 is 0 Å². The van der Waals surface area contributed by atoms with Crippen molar-refractivity contribution in [1.29, 1.82) is 0 Å². The Morgan fingerprint density at radius 1 is 0.879 bits per heavy atom. The molecule has 33 heavy (non-hydrogen) atoms. The highest BCUT2D eigenvalue weighted by Gasteiger charge is 2.25. The van der Waals surface area contributed by atoms with Crippen LogP contribution < -0.4 is 9.47 Å². The first-order valence-corrected chi connectivity index (χ1v) is 10.3. The molecule has 0 bridgehead atoms. The Hall–Kier alpha value is -3.87. The zero-order valence-electron chi connectivity index (χ0n) is 18.8. The first-order valence-electron chi connectivity index (χ1n) is 10.3. The fourth-order valence-electron chi connectivity index (χ4n) is 3.07. The van der Waals surface area contributed by atoms with E-state index in [4.69, 9.17) is 14.2 Å². The number of phenols is 1. The van der Waals surface area contributed by atoms with Crippen molar-refractivity contribution in [3.8, 4) is 28.4 Å². The van der Waals surface area contributed by atoms with Gasteiger partial charge in [-0.05, 0) is 62.2 Å². The standard InChI is InChI=1S/C26H25FO6/c1-16(28)32-21-12-7-18(8-13-21)17-5-10-20(11-6-17)31-15-19-9-14-22(27)24(29)23(19)25(30)33-26(2,3)4/h5-14,29H,15H2,1-4H3. The Morgan fingerprint density at radius 2 is 1.42 bits per heavy atom. The molecule has 3 rings (SSSR count). The summed E-state index contributed by atoms with van der Waals surface area (Å²) in [6.07, 6.45) is 0. The number of rotatable bonds is 6. The summed E-state index contributed by atoms with van der Waals surface area (Å²) < 4.78 is 30.0. The van der Waals surface area contributed by atoms with E-state index in [2.05, 4.69) is 0 Å². The molecule has 0 atom stereocenters. The normalized spacial score (nSPS) is 11.1. The maximum atomic E-state index is 13.9. The smallest absolute Gasteiger partial charge is 0.342 e. The molecule has 1 N–H and O–H groups in total. The Labute approximate surface area is 191 Å². The van der Waals surface area contributed by atoms with Gasteiger partial charge in [-0.15, -0.1) is 0 Å². The van der Waals surface area contributed by atoms with Crippen molar-refractivity contribution >= 4 is 11.9 Å². The van der Waals surface area contributed by atoms with Crippen LogP contribution in [0.15, 0.2) is 60.7 Å². The van der Waals surface area contributed by atoms with E-state index in [1.165, 1.54) is 13.0 Å². The van der Waals surface area contributed by atoms with Gasteiger partial charge in [-0.2, -0.15) is 0 Å². The van der Waals surface area contributed by atoms with Crippen molar-refractivity contribution < 1.29 is 33.3 Å². The molecule has 0 heterocycles. The molecule has 0 fully saturated rings. The molecule has 6 nitrogen and oxygen atoms in total. The molecule has 0 saturated heterocycles. The number of esters is 2. The van der Waals surface area contributed by atoms with Crippen molar-refractivity contribution in [2.45, 2.75) is 39.9 Å². The predicted molar refractivity (Wildman–Crippen MR) is 121 cm³/mol. The second-order valence-electron chi connectivity index (χ2n) is 8.36. The Morgan fingerprint density at radius 3 is 1.94 bits per heavy atom. The summed E-state index contributed by atoms with van der Waals surface area (Å²) in [6, 6.07) is 16.8. The lowest BCUT2D eigenvalue weighted by Gasteiger charge is -2.21. The van der Waals surface area contributed by atoms with Gasteiger partial charge in [0.1, 0.15) is 29.3 Å². The summed E-state index contributed by atoms with van der Waals surface area (Å²) in [5.41, 5.74) is 1.08. The van der Waals surface area contributed by atoms with Crippen LogP contribution in [0.5, 0.6) is 17.2 Å². The summed E-state index contributed by atoms with van der Waals surface area (Å²) in [5.74, 6) is -1.90. The second kappa shape index (κ2) is 9.73. The second-order valence-corrected chi connectivity index (χ2v) is 8.36. The van der Waals surface area contributed by atoms with Gasteiger partial charge in [0.25, 0.3) is 0 Å². The third-order valence-corrected chi connectivity index (χ3v) is 4.52. The minimum atomic E-state index is -0.913. The van der Waals surface area contributed by atoms with Crippen LogP contribution in [0.25, 0.3) is 11.1 Å². The molecular formula is C26H25FO6. The zero-order chi connectivity index (χ0) is 24.2. The number of ether oxygens (including phenoxy) is 3. The predicted octanol–water partition coefficient (Wildman–Crippen LogP) is 5.66. The molecule has 0 aliphatic carbocycles. The van der Waals surface area contributed by atoms with Gasteiger partial charge in [0.05, 0.1) is 0 Å². The highest BCUT2D eigenvalue weighted by atomic mass is 19.1. The molecule has 0 aromatic heterocycles. The number of halogens is 1. The van der Waals surface area contributed by atoms with Gasteiger partial charge in [-0.25, -0.2) is 9.18 Å². The first kappa shape index (κ1) is 23.8. The van der Waals surface area contributed by atoms with Crippen LogP contribution in [0, 0.1) is 5.82 Å². The minimum absolute atomic E-state index is 0.0706. The monoisotopic (exact) mass is 452 g/mol. The van der Waals surface area contributed by atoms with Crippen molar-refractivity contribution in [1.82, 2.24) is 0 Å². The number of hydrogen-bond acceptors (Lipinski definition) is 6. The number of phenolic OH excluding ortho intramolecular Hbond substituents is 1. The van der Waals surface area contributed by atoms with Crippen molar-refractivity contribution in [2.75, 3.05) is 0 Å². The maximum Gasteiger partial charge on any atom is 0.342 e. The van der Waals surface area contributed by atoms with Crippen LogP contribution in [0.3, 0.4) is 0 Å². The molecule has 0 aliphatic rings. The summed E-state index contributed by atoms with van der Waals surface area (Å²) >= 11 is 0. The Balaban J connectivity index is 1.73. The van der Waals surface area contributed by atoms with Gasteiger partial charge in [0, 0.05) is 12.5 Å². The molecule has 0 radical (unpaired) electrons. The van der Waals surface area contributed by atoms with Gasteiger partial charge in [0.15, 0.2) is 11.6 Å². The molecule has 0 aliphatic heterocycles. The van der Waals surface area contributed by atoms with Crippen molar-refractivity contribution in [3.05, 3.63) is 77.6 Å². The van der Waals surface area contributed by atoms with Gasteiger partial charge in [0.2, 0.25) is 0 Å².